The summed E-state index contributed by atoms with van der Waals surface area (Å²) < 4.78 is 47.7. The van der Waals surface area contributed by atoms with E-state index in [1.165, 1.54) is 50.5 Å². The van der Waals surface area contributed by atoms with Crippen LogP contribution in [0.25, 0.3) is 0 Å². The molecule has 0 aromatic heterocycles. The van der Waals surface area contributed by atoms with Crippen molar-refractivity contribution in [3.63, 3.8) is 0 Å². The van der Waals surface area contributed by atoms with Crippen molar-refractivity contribution in [1.29, 1.82) is 0 Å². The zero-order valence-electron chi connectivity index (χ0n) is 23.5. The van der Waals surface area contributed by atoms with Gasteiger partial charge in [0.25, 0.3) is 0 Å². The van der Waals surface area contributed by atoms with E-state index in [1.54, 1.807) is 12.1 Å². The molecule has 0 amide bonds. The first-order valence-corrected chi connectivity index (χ1v) is 15.9. The molecule has 0 spiro atoms. The first kappa shape index (κ1) is 30.2. The van der Waals surface area contributed by atoms with Crippen molar-refractivity contribution >= 4 is 17.9 Å². The van der Waals surface area contributed by atoms with E-state index in [-0.39, 0.29) is 6.04 Å². The Labute approximate surface area is 245 Å². The molecule has 0 bridgehead atoms. The van der Waals surface area contributed by atoms with Crippen LogP contribution in [0.4, 0.5) is 13.2 Å². The van der Waals surface area contributed by atoms with Crippen LogP contribution in [0.15, 0.2) is 53.4 Å². The van der Waals surface area contributed by atoms with Gasteiger partial charge in [-0.15, -0.1) is 0 Å². The molecule has 2 unspecified atom stereocenters. The van der Waals surface area contributed by atoms with Crippen molar-refractivity contribution in [2.24, 2.45) is 11.8 Å². The molecular weight excluding hydrogens is 549 g/mol. The molecule has 9 heteroatoms. The lowest BCUT2D eigenvalue weighted by Crippen LogP contribution is -2.55. The summed E-state index contributed by atoms with van der Waals surface area (Å²) in [6, 6.07) is 12.6. The van der Waals surface area contributed by atoms with E-state index in [0.717, 1.165) is 60.6 Å². The summed E-state index contributed by atoms with van der Waals surface area (Å²) in [5.41, 5.74) is 0.192. The van der Waals surface area contributed by atoms with Crippen molar-refractivity contribution < 1.29 is 27.8 Å². The molecule has 0 radical (unpaired) electrons. The first-order valence-electron chi connectivity index (χ1n) is 15.1. The average Bonchev–Trinajstić information content (AvgIpc) is 2.98. The second kappa shape index (κ2) is 13.8. The molecule has 2 saturated carbocycles. The minimum Gasteiger partial charge on any atom is -0.493 e. The van der Waals surface area contributed by atoms with E-state index in [1.807, 2.05) is 28.6 Å². The summed E-state index contributed by atoms with van der Waals surface area (Å²) in [5.74, 6) is 0.886. The summed E-state index contributed by atoms with van der Waals surface area (Å²) in [4.78, 5) is 15.6. The first-order chi connectivity index (χ1) is 19.8. The standard InChI is InChI=1S/C32H41F3N2O3S/c33-32(34,35)26-13-11-25(12-14-26)30(24-9-5-2-6-10-24)36-19-20-37(29(21-36)31(38)39)41-28-17-15-27(16-18-28)40-22-23-7-3-1-4-8-23/h11-18,23-24,29-30H,1-10,19-22H2,(H,38,39). The lowest BCUT2D eigenvalue weighted by atomic mass is 9.80. The molecule has 41 heavy (non-hydrogen) atoms. The van der Waals surface area contributed by atoms with Gasteiger partial charge in [-0.05, 0) is 91.4 Å². The van der Waals surface area contributed by atoms with Crippen LogP contribution in [-0.4, -0.2) is 52.6 Å². The molecule has 2 aromatic rings. The normalized spacial score (nSPS) is 22.9. The number of carboxylic acid groups (broad SMARTS) is 1. The molecule has 1 saturated heterocycles. The number of hydrogen-bond donors (Lipinski definition) is 1. The molecule has 5 rings (SSSR count). The van der Waals surface area contributed by atoms with Crippen molar-refractivity contribution in [1.82, 2.24) is 9.21 Å². The van der Waals surface area contributed by atoms with Gasteiger partial charge in [0.2, 0.25) is 0 Å². The number of ether oxygens (including phenoxy) is 1. The SMILES string of the molecule is O=C(O)C1CN(C(c2ccc(C(F)(F)F)cc2)C2CCCCC2)CCN1Sc1ccc(OCC2CCCCC2)cc1. The molecule has 3 aliphatic rings. The van der Waals surface area contributed by atoms with E-state index in [0.29, 0.717) is 31.5 Å². The third-order valence-corrected chi connectivity index (χ3v) is 10.1. The van der Waals surface area contributed by atoms with Crippen LogP contribution in [0.1, 0.15) is 81.4 Å². The number of alkyl halides is 3. The number of rotatable bonds is 9. The zero-order valence-corrected chi connectivity index (χ0v) is 24.3. The third kappa shape index (κ3) is 7.99. The highest BCUT2D eigenvalue weighted by atomic mass is 32.2. The minimum atomic E-state index is -4.38. The summed E-state index contributed by atoms with van der Waals surface area (Å²) in [7, 11) is 0. The van der Waals surface area contributed by atoms with Crippen LogP contribution in [0.2, 0.25) is 0 Å². The van der Waals surface area contributed by atoms with Gasteiger partial charge in [0, 0.05) is 30.6 Å². The van der Waals surface area contributed by atoms with E-state index >= 15 is 0 Å². The fourth-order valence-electron chi connectivity index (χ4n) is 6.75. The van der Waals surface area contributed by atoms with Gasteiger partial charge in [-0.25, -0.2) is 4.31 Å². The molecule has 1 heterocycles. The van der Waals surface area contributed by atoms with Crippen LogP contribution < -0.4 is 4.74 Å². The highest BCUT2D eigenvalue weighted by Crippen LogP contribution is 2.41. The Hall–Kier alpha value is -2.23. The topological polar surface area (TPSA) is 53.0 Å². The lowest BCUT2D eigenvalue weighted by Gasteiger charge is -2.45. The number of nitrogens with zero attached hydrogens (tertiary/aromatic N) is 2. The Kier molecular flexibility index (Phi) is 10.2. The summed E-state index contributed by atoms with van der Waals surface area (Å²) in [5, 5.41) is 10.2. The number of carbonyl (C=O) groups is 1. The van der Waals surface area contributed by atoms with Gasteiger partial charge in [0.15, 0.2) is 0 Å². The molecule has 1 aliphatic heterocycles. The maximum absolute atomic E-state index is 13.2. The predicted octanol–water partition coefficient (Wildman–Crippen LogP) is 8.06. The van der Waals surface area contributed by atoms with Gasteiger partial charge >= 0.3 is 12.1 Å². The molecule has 2 atom stereocenters. The van der Waals surface area contributed by atoms with E-state index in [4.69, 9.17) is 4.74 Å². The summed E-state index contributed by atoms with van der Waals surface area (Å²) in [6.07, 6.45) is 7.36. The van der Waals surface area contributed by atoms with Gasteiger partial charge in [-0.3, -0.25) is 9.69 Å². The quantitative estimate of drug-likeness (QED) is 0.298. The number of piperazine rings is 1. The van der Waals surface area contributed by atoms with Crippen LogP contribution in [0, 0.1) is 11.8 Å². The molecule has 1 N–H and O–H groups in total. The van der Waals surface area contributed by atoms with Gasteiger partial charge in [0.05, 0.1) is 12.2 Å². The highest BCUT2D eigenvalue weighted by molar-refractivity contribution is 7.97. The molecule has 5 nitrogen and oxygen atoms in total. The van der Waals surface area contributed by atoms with Crippen LogP contribution in [0.3, 0.4) is 0 Å². The molecule has 224 valence electrons. The predicted molar refractivity (Wildman–Crippen MR) is 155 cm³/mol. The van der Waals surface area contributed by atoms with Gasteiger partial charge in [-0.2, -0.15) is 13.2 Å². The lowest BCUT2D eigenvalue weighted by molar-refractivity contribution is -0.144. The number of aliphatic carboxylic acids is 1. The molecular formula is C32H41F3N2O3S. The fraction of sp³-hybridized carbons (Fsp3) is 0.594. The van der Waals surface area contributed by atoms with Gasteiger partial charge in [-0.1, -0.05) is 50.7 Å². The Bertz CT molecular complexity index is 1120. The van der Waals surface area contributed by atoms with Crippen molar-refractivity contribution in [3.8, 4) is 5.75 Å². The smallest absolute Gasteiger partial charge is 0.416 e. The van der Waals surface area contributed by atoms with Gasteiger partial charge in [0.1, 0.15) is 11.8 Å². The Morgan fingerprint density at radius 3 is 2.15 bits per heavy atom. The Balaban J connectivity index is 1.25. The van der Waals surface area contributed by atoms with E-state index in [2.05, 4.69) is 4.90 Å². The fourth-order valence-corrected chi connectivity index (χ4v) is 7.74. The number of carboxylic acids is 1. The zero-order chi connectivity index (χ0) is 28.8. The second-order valence-corrected chi connectivity index (χ2v) is 13.0. The monoisotopic (exact) mass is 590 g/mol. The Morgan fingerprint density at radius 1 is 0.902 bits per heavy atom. The second-order valence-electron chi connectivity index (χ2n) is 11.8. The maximum Gasteiger partial charge on any atom is 0.416 e. The Morgan fingerprint density at radius 2 is 1.54 bits per heavy atom. The average molecular weight is 591 g/mol. The third-order valence-electron chi connectivity index (χ3n) is 8.97. The number of halogens is 3. The number of hydrogen-bond acceptors (Lipinski definition) is 5. The van der Waals surface area contributed by atoms with Crippen LogP contribution >= 0.6 is 11.9 Å². The molecule has 2 aliphatic carbocycles. The van der Waals surface area contributed by atoms with Crippen molar-refractivity contribution in [2.75, 3.05) is 26.2 Å². The summed E-state index contributed by atoms with van der Waals surface area (Å²) >= 11 is 1.45. The minimum absolute atomic E-state index is 0.0906. The largest absolute Gasteiger partial charge is 0.493 e. The van der Waals surface area contributed by atoms with Crippen LogP contribution in [0.5, 0.6) is 5.75 Å². The van der Waals surface area contributed by atoms with Crippen molar-refractivity contribution in [2.45, 2.75) is 87.4 Å². The highest BCUT2D eigenvalue weighted by Gasteiger charge is 2.39. The maximum atomic E-state index is 13.2. The molecule has 3 fully saturated rings. The number of benzene rings is 2. The van der Waals surface area contributed by atoms with E-state index < -0.39 is 23.8 Å². The van der Waals surface area contributed by atoms with E-state index in [9.17, 15) is 23.1 Å². The molecule has 2 aromatic carbocycles. The van der Waals surface area contributed by atoms with Gasteiger partial charge < -0.3 is 9.84 Å². The summed E-state index contributed by atoms with van der Waals surface area (Å²) in [6.45, 7) is 2.27. The van der Waals surface area contributed by atoms with Crippen LogP contribution in [-0.2, 0) is 11.0 Å². The van der Waals surface area contributed by atoms with Crippen molar-refractivity contribution in [3.05, 3.63) is 59.7 Å².